The van der Waals surface area contributed by atoms with Crippen LogP contribution < -0.4 is 0 Å². The van der Waals surface area contributed by atoms with Crippen LogP contribution in [0.2, 0.25) is 0 Å². The summed E-state index contributed by atoms with van der Waals surface area (Å²) in [5.74, 6) is 3.07. The van der Waals surface area contributed by atoms with E-state index in [1.807, 2.05) is 23.5 Å². The normalized spacial score (nSPS) is 17.0. The number of benzene rings is 3. The van der Waals surface area contributed by atoms with Gasteiger partial charge in [-0.3, -0.25) is 0 Å². The van der Waals surface area contributed by atoms with E-state index in [-0.39, 0.29) is 0 Å². The first kappa shape index (κ1) is 13.3. The maximum atomic E-state index is 2.31. The van der Waals surface area contributed by atoms with Crippen molar-refractivity contribution >= 4 is 34.3 Å². The van der Waals surface area contributed by atoms with E-state index in [1.165, 1.54) is 37.6 Å². The summed E-state index contributed by atoms with van der Waals surface area (Å²) in [6.45, 7) is 0. The van der Waals surface area contributed by atoms with Gasteiger partial charge in [0, 0.05) is 27.2 Å². The summed E-state index contributed by atoms with van der Waals surface area (Å²) in [6.07, 6.45) is 0. The van der Waals surface area contributed by atoms with Gasteiger partial charge in [0.1, 0.15) is 0 Å². The van der Waals surface area contributed by atoms with Crippen molar-refractivity contribution in [2.45, 2.75) is 15.7 Å². The molecule has 2 heteroatoms. The molecule has 4 rings (SSSR count). The number of rotatable bonds is 3. The van der Waals surface area contributed by atoms with Crippen LogP contribution in [0.3, 0.4) is 0 Å². The standard InChI is InChI=1S/C19H16S2/c1-2-6-15-11-17(10-9-14(15)5-1)20-12-16-13-21-19-8-4-3-7-18(16)19/h1-11,16H,12-13H2. The van der Waals surface area contributed by atoms with Crippen LogP contribution >= 0.6 is 23.5 Å². The van der Waals surface area contributed by atoms with Gasteiger partial charge in [0.2, 0.25) is 0 Å². The van der Waals surface area contributed by atoms with Crippen LogP contribution in [0.25, 0.3) is 10.8 Å². The zero-order valence-electron chi connectivity index (χ0n) is 11.7. The second-order valence-electron chi connectivity index (χ2n) is 5.37. The average molecular weight is 308 g/mol. The van der Waals surface area contributed by atoms with Crippen LogP contribution in [0, 0.1) is 0 Å². The fourth-order valence-corrected chi connectivity index (χ4v) is 5.29. The molecule has 3 aromatic carbocycles. The van der Waals surface area contributed by atoms with Gasteiger partial charge in [-0.05, 0) is 34.5 Å². The van der Waals surface area contributed by atoms with Crippen molar-refractivity contribution in [3.63, 3.8) is 0 Å². The summed E-state index contributed by atoms with van der Waals surface area (Å²) in [5.41, 5.74) is 1.54. The lowest BCUT2D eigenvalue weighted by atomic mass is 10.0. The molecule has 0 saturated carbocycles. The van der Waals surface area contributed by atoms with Crippen LogP contribution in [-0.4, -0.2) is 11.5 Å². The summed E-state index contributed by atoms with van der Waals surface area (Å²) in [6, 6.07) is 24.2. The van der Waals surface area contributed by atoms with E-state index >= 15 is 0 Å². The topological polar surface area (TPSA) is 0 Å². The summed E-state index contributed by atoms with van der Waals surface area (Å²) in [7, 11) is 0. The molecule has 1 aliphatic rings. The maximum Gasteiger partial charge on any atom is 0.0108 e. The van der Waals surface area contributed by atoms with Crippen LogP contribution in [0.5, 0.6) is 0 Å². The van der Waals surface area contributed by atoms with Crippen molar-refractivity contribution in [2.75, 3.05) is 11.5 Å². The molecule has 0 N–H and O–H groups in total. The van der Waals surface area contributed by atoms with Gasteiger partial charge in [-0.25, -0.2) is 0 Å². The van der Waals surface area contributed by atoms with Gasteiger partial charge in [-0.15, -0.1) is 23.5 Å². The highest BCUT2D eigenvalue weighted by Crippen LogP contribution is 2.41. The third-order valence-electron chi connectivity index (χ3n) is 3.97. The van der Waals surface area contributed by atoms with Crippen molar-refractivity contribution in [3.05, 3.63) is 72.3 Å². The molecule has 0 saturated heterocycles. The van der Waals surface area contributed by atoms with E-state index in [4.69, 9.17) is 0 Å². The predicted molar refractivity (Wildman–Crippen MR) is 94.6 cm³/mol. The lowest BCUT2D eigenvalue weighted by molar-refractivity contribution is 0.896. The smallest absolute Gasteiger partial charge is 0.0108 e. The maximum absolute atomic E-state index is 2.31. The molecule has 0 amide bonds. The van der Waals surface area contributed by atoms with Crippen molar-refractivity contribution in [2.24, 2.45) is 0 Å². The Morgan fingerprint density at radius 2 is 1.71 bits per heavy atom. The number of hydrogen-bond acceptors (Lipinski definition) is 2. The van der Waals surface area contributed by atoms with Gasteiger partial charge in [0.05, 0.1) is 0 Å². The molecule has 1 unspecified atom stereocenters. The van der Waals surface area contributed by atoms with Gasteiger partial charge in [0.25, 0.3) is 0 Å². The Kier molecular flexibility index (Phi) is 3.66. The molecule has 1 atom stereocenters. The van der Waals surface area contributed by atoms with Gasteiger partial charge < -0.3 is 0 Å². The largest absolute Gasteiger partial charge is 0.125 e. The van der Waals surface area contributed by atoms with Gasteiger partial charge >= 0.3 is 0 Å². The monoisotopic (exact) mass is 308 g/mol. The van der Waals surface area contributed by atoms with E-state index in [0.29, 0.717) is 5.92 Å². The number of hydrogen-bond donors (Lipinski definition) is 0. The Balaban J connectivity index is 1.51. The van der Waals surface area contributed by atoms with Crippen molar-refractivity contribution < 1.29 is 0 Å². The summed E-state index contributed by atoms with van der Waals surface area (Å²) < 4.78 is 0. The zero-order valence-corrected chi connectivity index (χ0v) is 13.3. The molecule has 104 valence electrons. The van der Waals surface area contributed by atoms with E-state index in [9.17, 15) is 0 Å². The van der Waals surface area contributed by atoms with Crippen molar-refractivity contribution in [3.8, 4) is 0 Å². The predicted octanol–water partition coefficient (Wildman–Crippen LogP) is 5.82. The van der Waals surface area contributed by atoms with E-state index in [1.54, 1.807) is 0 Å². The molecule has 0 aromatic heterocycles. The van der Waals surface area contributed by atoms with E-state index in [2.05, 4.69) is 66.7 Å². The van der Waals surface area contributed by atoms with Crippen LogP contribution in [0.15, 0.2) is 76.5 Å². The summed E-state index contributed by atoms with van der Waals surface area (Å²) in [5, 5.41) is 2.66. The van der Waals surface area contributed by atoms with Gasteiger partial charge in [-0.2, -0.15) is 0 Å². The fraction of sp³-hybridized carbons (Fsp3) is 0.158. The Labute approximate surface area is 134 Å². The average Bonchev–Trinajstić information content (AvgIpc) is 2.96. The van der Waals surface area contributed by atoms with Crippen molar-refractivity contribution in [1.29, 1.82) is 0 Å². The second-order valence-corrected chi connectivity index (χ2v) is 7.52. The molecule has 1 heterocycles. The molecule has 3 aromatic rings. The lowest BCUT2D eigenvalue weighted by Gasteiger charge is -2.10. The molecule has 0 aliphatic carbocycles. The Morgan fingerprint density at radius 3 is 2.67 bits per heavy atom. The SMILES string of the molecule is c1ccc2c(c1)SCC2CSc1ccc2ccccc2c1. The summed E-state index contributed by atoms with van der Waals surface area (Å²) >= 11 is 3.98. The highest BCUT2D eigenvalue weighted by molar-refractivity contribution is 8.00. The highest BCUT2D eigenvalue weighted by Gasteiger charge is 2.22. The third-order valence-corrected chi connectivity index (χ3v) is 6.38. The first-order valence-corrected chi connectivity index (χ1v) is 9.20. The molecule has 0 fully saturated rings. The Morgan fingerprint density at radius 1 is 0.905 bits per heavy atom. The summed E-state index contributed by atoms with van der Waals surface area (Å²) in [4.78, 5) is 2.85. The first-order chi connectivity index (χ1) is 10.4. The lowest BCUT2D eigenvalue weighted by Crippen LogP contribution is -1.99. The molecule has 0 bridgehead atoms. The van der Waals surface area contributed by atoms with Gasteiger partial charge in [-0.1, -0.05) is 48.5 Å². The van der Waals surface area contributed by atoms with Crippen LogP contribution in [-0.2, 0) is 0 Å². The minimum Gasteiger partial charge on any atom is -0.125 e. The quantitative estimate of drug-likeness (QED) is 0.559. The highest BCUT2D eigenvalue weighted by atomic mass is 32.2. The molecule has 0 spiro atoms. The third kappa shape index (κ3) is 2.70. The Bertz CT molecular complexity index is 779. The number of thioether (sulfide) groups is 2. The molecular weight excluding hydrogens is 292 g/mol. The fourth-order valence-electron chi connectivity index (χ4n) is 2.82. The Hall–Kier alpha value is -1.38. The van der Waals surface area contributed by atoms with Gasteiger partial charge in [0.15, 0.2) is 0 Å². The molecule has 0 nitrogen and oxygen atoms in total. The molecule has 21 heavy (non-hydrogen) atoms. The van der Waals surface area contributed by atoms with E-state index in [0.717, 1.165) is 0 Å². The molecule has 1 aliphatic heterocycles. The molecular formula is C19H16S2. The van der Waals surface area contributed by atoms with Crippen LogP contribution in [0.4, 0.5) is 0 Å². The van der Waals surface area contributed by atoms with Crippen molar-refractivity contribution in [1.82, 2.24) is 0 Å². The minimum absolute atomic E-state index is 0.683. The number of fused-ring (bicyclic) bond motifs is 2. The first-order valence-electron chi connectivity index (χ1n) is 7.23. The minimum atomic E-state index is 0.683. The zero-order chi connectivity index (χ0) is 14.1. The van der Waals surface area contributed by atoms with E-state index < -0.39 is 0 Å². The van der Waals surface area contributed by atoms with Crippen LogP contribution in [0.1, 0.15) is 11.5 Å². The second kappa shape index (κ2) is 5.78. The molecule has 0 radical (unpaired) electrons.